The summed E-state index contributed by atoms with van der Waals surface area (Å²) in [5.74, 6) is 0. The number of hydrogen-bond acceptors (Lipinski definition) is 3. The van der Waals surface area contributed by atoms with Crippen molar-refractivity contribution in [3.05, 3.63) is 127 Å². The third kappa shape index (κ3) is 3.92. The molecular weight excluding hydrogens is 423 g/mol. The van der Waals surface area contributed by atoms with Crippen molar-refractivity contribution >= 4 is 23.2 Å². The lowest BCUT2D eigenvalue weighted by Crippen LogP contribution is -2.30. The minimum absolute atomic E-state index is 0.526. The van der Waals surface area contributed by atoms with Gasteiger partial charge in [0.15, 0.2) is 7.14 Å². The lowest BCUT2D eigenvalue weighted by molar-refractivity contribution is 0.592. The predicted molar refractivity (Wildman–Crippen MR) is 137 cm³/mol. The minimum Gasteiger partial charge on any atom is -0.307 e. The molecule has 0 atom stereocenters. The van der Waals surface area contributed by atoms with Gasteiger partial charge in [0.25, 0.3) is 0 Å². The van der Waals surface area contributed by atoms with E-state index in [1.54, 1.807) is 0 Å². The van der Waals surface area contributed by atoms with Crippen LogP contribution in [-0.2, 0) is 4.57 Å². The summed E-state index contributed by atoms with van der Waals surface area (Å²) in [7, 11) is -3.25. The van der Waals surface area contributed by atoms with Crippen molar-refractivity contribution in [3.8, 4) is 22.5 Å². The van der Waals surface area contributed by atoms with Gasteiger partial charge >= 0.3 is 0 Å². The second kappa shape index (κ2) is 8.97. The molecular formula is C29H23N2OP. The zero-order valence-corrected chi connectivity index (χ0v) is 19.2. The molecule has 5 rings (SSSR count). The predicted octanol–water partition coefficient (Wildman–Crippen LogP) is 5.76. The zero-order valence-electron chi connectivity index (χ0n) is 18.3. The van der Waals surface area contributed by atoms with E-state index >= 15 is 0 Å². The van der Waals surface area contributed by atoms with Crippen LogP contribution in [0.5, 0.6) is 0 Å². The van der Waals surface area contributed by atoms with Crippen LogP contribution in [0.3, 0.4) is 0 Å². The van der Waals surface area contributed by atoms with Gasteiger partial charge in [0.05, 0.1) is 17.1 Å². The largest absolute Gasteiger partial charge is 0.307 e. The van der Waals surface area contributed by atoms with E-state index in [1.165, 1.54) is 0 Å². The first-order chi connectivity index (χ1) is 16.2. The summed E-state index contributed by atoms with van der Waals surface area (Å²) in [4.78, 5) is 10.1. The van der Waals surface area contributed by atoms with Crippen LogP contribution in [0.2, 0.25) is 0 Å². The molecule has 0 N–H and O–H groups in total. The van der Waals surface area contributed by atoms with Crippen molar-refractivity contribution in [1.82, 2.24) is 9.97 Å². The molecule has 0 aliphatic heterocycles. The monoisotopic (exact) mass is 446 g/mol. The Kier molecular flexibility index (Phi) is 5.73. The summed E-state index contributed by atoms with van der Waals surface area (Å²) in [6, 6.07) is 39.3. The maximum Gasteiger partial charge on any atom is 0.190 e. The fourth-order valence-corrected chi connectivity index (χ4v) is 6.79. The highest BCUT2D eigenvalue weighted by atomic mass is 31.2. The summed E-state index contributed by atoms with van der Waals surface area (Å²) in [6.07, 6.45) is 0. The first kappa shape index (κ1) is 21.1. The zero-order chi connectivity index (χ0) is 22.7. The van der Waals surface area contributed by atoms with E-state index in [1.807, 2.05) is 128 Å². The molecule has 4 heteroatoms. The van der Waals surface area contributed by atoms with Gasteiger partial charge in [-0.05, 0) is 6.92 Å². The summed E-state index contributed by atoms with van der Waals surface area (Å²) >= 11 is 0. The maximum absolute atomic E-state index is 15.0. The van der Waals surface area contributed by atoms with Crippen molar-refractivity contribution in [1.29, 1.82) is 0 Å². The maximum atomic E-state index is 15.0. The third-order valence-electron chi connectivity index (χ3n) is 5.68. The van der Waals surface area contributed by atoms with E-state index in [-0.39, 0.29) is 0 Å². The van der Waals surface area contributed by atoms with E-state index in [2.05, 4.69) is 0 Å². The molecule has 0 fully saturated rings. The molecule has 4 aromatic carbocycles. The van der Waals surface area contributed by atoms with Crippen LogP contribution in [0.4, 0.5) is 0 Å². The Morgan fingerprint density at radius 3 is 1.30 bits per heavy atom. The quantitative estimate of drug-likeness (QED) is 0.323. The van der Waals surface area contributed by atoms with Crippen molar-refractivity contribution < 1.29 is 4.57 Å². The van der Waals surface area contributed by atoms with Crippen LogP contribution >= 0.6 is 7.14 Å². The molecule has 160 valence electrons. The van der Waals surface area contributed by atoms with Crippen LogP contribution in [-0.4, -0.2) is 9.97 Å². The van der Waals surface area contributed by atoms with Crippen LogP contribution in [0.1, 0.15) is 5.69 Å². The second-order valence-corrected chi connectivity index (χ2v) is 10.5. The number of rotatable bonds is 5. The minimum atomic E-state index is -3.25. The molecule has 0 aliphatic rings. The van der Waals surface area contributed by atoms with Crippen molar-refractivity contribution in [2.45, 2.75) is 6.92 Å². The smallest absolute Gasteiger partial charge is 0.190 e. The van der Waals surface area contributed by atoms with Crippen LogP contribution in [0.25, 0.3) is 22.5 Å². The molecule has 0 radical (unpaired) electrons. The van der Waals surface area contributed by atoms with E-state index in [0.717, 1.165) is 33.1 Å². The van der Waals surface area contributed by atoms with E-state index in [4.69, 9.17) is 9.97 Å². The molecule has 0 aliphatic carbocycles. The van der Waals surface area contributed by atoms with Crippen LogP contribution in [0, 0.1) is 6.92 Å². The summed E-state index contributed by atoms with van der Waals surface area (Å²) < 4.78 is 15.0. The Balaban J connectivity index is 1.83. The van der Waals surface area contributed by atoms with Crippen molar-refractivity contribution in [2.24, 2.45) is 0 Å². The van der Waals surface area contributed by atoms with Crippen LogP contribution in [0.15, 0.2) is 121 Å². The molecule has 0 spiro atoms. The first-order valence-corrected chi connectivity index (χ1v) is 12.6. The lowest BCUT2D eigenvalue weighted by atomic mass is 10.0. The summed E-state index contributed by atoms with van der Waals surface area (Å²) in [5, 5.41) is 1.50. The molecule has 1 heterocycles. The second-order valence-electron chi connectivity index (χ2n) is 7.84. The number of aryl methyl sites for hydroxylation is 1. The number of hydrogen-bond donors (Lipinski definition) is 0. The van der Waals surface area contributed by atoms with Gasteiger partial charge < -0.3 is 4.57 Å². The highest BCUT2D eigenvalue weighted by Gasteiger charge is 2.34. The van der Waals surface area contributed by atoms with Crippen molar-refractivity contribution in [3.63, 3.8) is 0 Å². The topological polar surface area (TPSA) is 42.9 Å². The van der Waals surface area contributed by atoms with Gasteiger partial charge in [-0.2, -0.15) is 0 Å². The Morgan fingerprint density at radius 1 is 0.515 bits per heavy atom. The highest BCUT2D eigenvalue weighted by Crippen LogP contribution is 2.43. The lowest BCUT2D eigenvalue weighted by Gasteiger charge is -2.22. The Morgan fingerprint density at radius 2 is 0.879 bits per heavy atom. The van der Waals surface area contributed by atoms with Gasteiger partial charge in [0.1, 0.15) is 5.44 Å². The van der Waals surface area contributed by atoms with E-state index < -0.39 is 7.14 Å². The number of benzene rings is 4. The van der Waals surface area contributed by atoms with Gasteiger partial charge in [0.2, 0.25) is 0 Å². The normalized spacial score (nSPS) is 11.3. The Labute approximate surface area is 194 Å². The number of aromatic nitrogens is 2. The molecule has 0 unspecified atom stereocenters. The SMILES string of the molecule is Cc1nc(-c2ccccc2)c(-c2ccccc2)nc1P(=O)(c1ccccc1)c1ccccc1. The first-order valence-electron chi connectivity index (χ1n) is 10.9. The molecule has 0 saturated carbocycles. The standard InChI is InChI=1S/C29H23N2OP/c1-22-29(33(32,25-18-10-4-11-19-25)26-20-12-5-13-21-26)31-28(24-16-8-3-9-17-24)27(30-22)23-14-6-2-7-15-23/h2-21H,1H3. The average molecular weight is 446 g/mol. The average Bonchev–Trinajstić information content (AvgIpc) is 2.90. The molecule has 0 saturated heterocycles. The fraction of sp³-hybridized carbons (Fsp3) is 0.0345. The molecule has 0 bridgehead atoms. The molecule has 5 aromatic rings. The third-order valence-corrected chi connectivity index (χ3v) is 8.75. The highest BCUT2D eigenvalue weighted by molar-refractivity contribution is 7.85. The number of nitrogens with zero attached hydrogens (tertiary/aromatic N) is 2. The van der Waals surface area contributed by atoms with E-state index in [0.29, 0.717) is 11.1 Å². The van der Waals surface area contributed by atoms with Crippen molar-refractivity contribution in [2.75, 3.05) is 0 Å². The van der Waals surface area contributed by atoms with Gasteiger partial charge in [0, 0.05) is 21.7 Å². The van der Waals surface area contributed by atoms with Crippen LogP contribution < -0.4 is 16.0 Å². The van der Waals surface area contributed by atoms with Gasteiger partial charge in [-0.3, -0.25) is 0 Å². The van der Waals surface area contributed by atoms with E-state index in [9.17, 15) is 4.57 Å². The molecule has 1 aromatic heterocycles. The molecule has 3 nitrogen and oxygen atoms in total. The van der Waals surface area contributed by atoms with Gasteiger partial charge in [-0.15, -0.1) is 0 Å². The Hall–Kier alpha value is -3.81. The fourth-order valence-electron chi connectivity index (χ4n) is 4.07. The summed E-state index contributed by atoms with van der Waals surface area (Å²) in [6.45, 7) is 1.90. The van der Waals surface area contributed by atoms with Gasteiger partial charge in [-0.25, -0.2) is 9.97 Å². The molecule has 33 heavy (non-hydrogen) atoms. The molecule has 0 amide bonds. The summed E-state index contributed by atoms with van der Waals surface area (Å²) in [5.41, 5.74) is 4.64. The Bertz CT molecular complexity index is 1380. The van der Waals surface area contributed by atoms with Gasteiger partial charge in [-0.1, -0.05) is 121 Å².